The second-order valence-corrected chi connectivity index (χ2v) is 7.17. The fraction of sp³-hybridized carbons (Fsp3) is 0.526. The second kappa shape index (κ2) is 5.77. The van der Waals surface area contributed by atoms with Crippen molar-refractivity contribution in [1.82, 2.24) is 14.7 Å². The Kier molecular flexibility index (Phi) is 3.74. The molecule has 2 saturated heterocycles. The fourth-order valence-electron chi connectivity index (χ4n) is 4.11. The van der Waals surface area contributed by atoms with Crippen LogP contribution >= 0.6 is 0 Å². The van der Waals surface area contributed by atoms with E-state index < -0.39 is 0 Å². The van der Waals surface area contributed by atoms with Crippen molar-refractivity contribution in [3.05, 3.63) is 53.3 Å². The van der Waals surface area contributed by atoms with E-state index in [4.69, 9.17) is 4.74 Å². The molecule has 122 valence electrons. The molecule has 0 spiro atoms. The molecule has 1 aromatic heterocycles. The minimum atomic E-state index is 0.168. The highest BCUT2D eigenvalue weighted by atomic mass is 16.5. The van der Waals surface area contributed by atoms with Gasteiger partial charge in [0.25, 0.3) is 0 Å². The molecule has 2 aliphatic heterocycles. The van der Waals surface area contributed by atoms with Gasteiger partial charge < -0.3 is 4.74 Å². The minimum Gasteiger partial charge on any atom is -0.380 e. The summed E-state index contributed by atoms with van der Waals surface area (Å²) in [5.41, 5.74) is 3.98. The number of likely N-dealkylation sites (tertiary alicyclic amines) is 1. The van der Waals surface area contributed by atoms with Gasteiger partial charge in [-0.25, -0.2) is 0 Å². The minimum absolute atomic E-state index is 0.168. The standard InChI is InChI=1S/C19H25N3O/c1-15-10-16(2)22(20-15)18-11-21(12-18)13-19(8-9-23-14-19)17-6-4-3-5-7-17/h3-7,10,18H,8-9,11-14H2,1-2H3/t19-/m1/s1. The molecular weight excluding hydrogens is 286 g/mol. The van der Waals surface area contributed by atoms with Crippen molar-refractivity contribution < 1.29 is 4.74 Å². The van der Waals surface area contributed by atoms with E-state index in [0.717, 1.165) is 45.0 Å². The number of rotatable bonds is 4. The summed E-state index contributed by atoms with van der Waals surface area (Å²) in [6, 6.07) is 13.6. The molecule has 0 aliphatic carbocycles. The molecule has 3 heterocycles. The average molecular weight is 311 g/mol. The fourth-order valence-corrected chi connectivity index (χ4v) is 4.11. The predicted octanol–water partition coefficient (Wildman–Crippen LogP) is 2.71. The van der Waals surface area contributed by atoms with Crippen molar-refractivity contribution in [2.24, 2.45) is 0 Å². The molecule has 0 amide bonds. The van der Waals surface area contributed by atoms with Crippen molar-refractivity contribution in [2.45, 2.75) is 31.7 Å². The summed E-state index contributed by atoms with van der Waals surface area (Å²) in [6.07, 6.45) is 1.12. The third kappa shape index (κ3) is 2.70. The van der Waals surface area contributed by atoms with Gasteiger partial charge in [-0.2, -0.15) is 5.10 Å². The van der Waals surface area contributed by atoms with E-state index in [9.17, 15) is 0 Å². The van der Waals surface area contributed by atoms with Crippen LogP contribution in [-0.2, 0) is 10.2 Å². The van der Waals surface area contributed by atoms with Crippen molar-refractivity contribution in [2.75, 3.05) is 32.8 Å². The van der Waals surface area contributed by atoms with E-state index in [0.29, 0.717) is 6.04 Å². The van der Waals surface area contributed by atoms with Crippen LogP contribution in [0.2, 0.25) is 0 Å². The maximum atomic E-state index is 5.77. The van der Waals surface area contributed by atoms with Gasteiger partial charge in [0.1, 0.15) is 0 Å². The first-order valence-corrected chi connectivity index (χ1v) is 8.55. The molecule has 4 heteroatoms. The summed E-state index contributed by atoms with van der Waals surface area (Å²) in [4.78, 5) is 2.56. The quantitative estimate of drug-likeness (QED) is 0.870. The Morgan fingerprint density at radius 3 is 2.61 bits per heavy atom. The molecule has 2 aromatic rings. The second-order valence-electron chi connectivity index (χ2n) is 7.17. The van der Waals surface area contributed by atoms with Gasteiger partial charge in [0, 0.05) is 37.4 Å². The topological polar surface area (TPSA) is 30.3 Å². The Bertz CT molecular complexity index is 667. The molecule has 23 heavy (non-hydrogen) atoms. The van der Waals surface area contributed by atoms with Crippen LogP contribution in [0.4, 0.5) is 0 Å². The number of aryl methyl sites for hydroxylation is 2. The van der Waals surface area contributed by atoms with Crippen LogP contribution in [0.15, 0.2) is 36.4 Å². The highest BCUT2D eigenvalue weighted by Gasteiger charge is 2.41. The number of hydrogen-bond donors (Lipinski definition) is 0. The first kappa shape index (κ1) is 14.9. The zero-order valence-corrected chi connectivity index (χ0v) is 14.0. The van der Waals surface area contributed by atoms with Crippen molar-refractivity contribution >= 4 is 0 Å². The van der Waals surface area contributed by atoms with Crippen molar-refractivity contribution in [3.8, 4) is 0 Å². The van der Waals surface area contributed by atoms with Gasteiger partial charge in [0.15, 0.2) is 0 Å². The molecule has 1 aromatic carbocycles. The van der Waals surface area contributed by atoms with Crippen LogP contribution in [0.3, 0.4) is 0 Å². The van der Waals surface area contributed by atoms with Gasteiger partial charge in [0.05, 0.1) is 18.3 Å². The lowest BCUT2D eigenvalue weighted by Crippen LogP contribution is -2.53. The maximum Gasteiger partial charge on any atom is 0.0775 e. The average Bonchev–Trinajstić information content (AvgIpc) is 3.11. The van der Waals surface area contributed by atoms with E-state index in [2.05, 4.69) is 64.9 Å². The molecule has 0 N–H and O–H groups in total. The van der Waals surface area contributed by atoms with Gasteiger partial charge in [-0.3, -0.25) is 9.58 Å². The SMILES string of the molecule is Cc1cc(C)n(C2CN(C[C@]3(c4ccccc4)CCOC3)C2)n1. The predicted molar refractivity (Wildman–Crippen MR) is 90.7 cm³/mol. The summed E-state index contributed by atoms with van der Waals surface area (Å²) >= 11 is 0. The van der Waals surface area contributed by atoms with Crippen LogP contribution < -0.4 is 0 Å². The van der Waals surface area contributed by atoms with Crippen LogP contribution in [0.5, 0.6) is 0 Å². The molecule has 2 fully saturated rings. The smallest absolute Gasteiger partial charge is 0.0775 e. The van der Waals surface area contributed by atoms with Gasteiger partial charge in [0.2, 0.25) is 0 Å². The molecule has 0 bridgehead atoms. The number of aromatic nitrogens is 2. The summed E-state index contributed by atoms with van der Waals surface area (Å²) in [6.45, 7) is 9.22. The van der Waals surface area contributed by atoms with Crippen molar-refractivity contribution in [1.29, 1.82) is 0 Å². The van der Waals surface area contributed by atoms with E-state index in [-0.39, 0.29) is 5.41 Å². The summed E-state index contributed by atoms with van der Waals surface area (Å²) in [5, 5.41) is 4.64. The van der Waals surface area contributed by atoms with E-state index >= 15 is 0 Å². The summed E-state index contributed by atoms with van der Waals surface area (Å²) in [7, 11) is 0. The Balaban J connectivity index is 1.45. The third-order valence-corrected chi connectivity index (χ3v) is 5.34. The lowest BCUT2D eigenvalue weighted by Gasteiger charge is -2.44. The van der Waals surface area contributed by atoms with E-state index in [1.807, 2.05) is 0 Å². The van der Waals surface area contributed by atoms with E-state index in [1.165, 1.54) is 11.3 Å². The molecule has 0 unspecified atom stereocenters. The molecule has 2 aliphatic rings. The maximum absolute atomic E-state index is 5.77. The monoisotopic (exact) mass is 311 g/mol. The van der Waals surface area contributed by atoms with Gasteiger partial charge in [-0.1, -0.05) is 30.3 Å². The Morgan fingerprint density at radius 2 is 2.00 bits per heavy atom. The summed E-state index contributed by atoms with van der Waals surface area (Å²) in [5.74, 6) is 0. The molecular formula is C19H25N3O. The molecule has 0 radical (unpaired) electrons. The zero-order valence-electron chi connectivity index (χ0n) is 14.0. The van der Waals surface area contributed by atoms with Crippen LogP contribution in [0.1, 0.15) is 29.4 Å². The van der Waals surface area contributed by atoms with E-state index in [1.54, 1.807) is 0 Å². The molecule has 1 atom stereocenters. The van der Waals surface area contributed by atoms with Crippen molar-refractivity contribution in [3.63, 3.8) is 0 Å². The third-order valence-electron chi connectivity index (χ3n) is 5.34. The van der Waals surface area contributed by atoms with Crippen LogP contribution in [0, 0.1) is 13.8 Å². The lowest BCUT2D eigenvalue weighted by atomic mass is 9.78. The largest absolute Gasteiger partial charge is 0.380 e. The number of hydrogen-bond acceptors (Lipinski definition) is 3. The summed E-state index contributed by atoms with van der Waals surface area (Å²) < 4.78 is 7.97. The van der Waals surface area contributed by atoms with Gasteiger partial charge in [-0.05, 0) is 31.9 Å². The molecule has 4 rings (SSSR count). The number of benzene rings is 1. The molecule has 4 nitrogen and oxygen atoms in total. The number of nitrogens with zero attached hydrogens (tertiary/aromatic N) is 3. The highest BCUT2D eigenvalue weighted by Crippen LogP contribution is 2.36. The Morgan fingerprint density at radius 1 is 1.22 bits per heavy atom. The molecule has 0 saturated carbocycles. The first-order chi connectivity index (χ1) is 11.2. The van der Waals surface area contributed by atoms with Gasteiger partial charge in [-0.15, -0.1) is 0 Å². The van der Waals surface area contributed by atoms with Crippen LogP contribution in [-0.4, -0.2) is 47.5 Å². The highest BCUT2D eigenvalue weighted by molar-refractivity contribution is 5.27. The van der Waals surface area contributed by atoms with Gasteiger partial charge >= 0.3 is 0 Å². The Labute approximate surface area is 138 Å². The normalized spacial score (nSPS) is 25.7. The first-order valence-electron chi connectivity index (χ1n) is 8.55. The number of ether oxygens (including phenoxy) is 1. The zero-order chi connectivity index (χ0) is 15.9. The Hall–Kier alpha value is -1.65. The lowest BCUT2D eigenvalue weighted by molar-refractivity contribution is 0.0634. The van der Waals surface area contributed by atoms with Crippen LogP contribution in [0.25, 0.3) is 0 Å².